The maximum absolute atomic E-state index is 13.9. The van der Waals surface area contributed by atoms with E-state index < -0.39 is 29.6 Å². The highest BCUT2D eigenvalue weighted by molar-refractivity contribution is 7.92. The number of hydrogen-bond donors (Lipinski definition) is 1. The van der Waals surface area contributed by atoms with E-state index in [0.29, 0.717) is 6.61 Å². The molecule has 0 unspecified atom stereocenters. The molecule has 0 bridgehead atoms. The number of nitrogens with zero attached hydrogens (tertiary/aromatic N) is 4. The Kier molecular flexibility index (Phi) is 8.33. The zero-order chi connectivity index (χ0) is 28.2. The van der Waals surface area contributed by atoms with Crippen LogP contribution in [0, 0.1) is 0 Å². The first kappa shape index (κ1) is 28.2. The number of sulfonamides is 1. The summed E-state index contributed by atoms with van der Waals surface area (Å²) in [6.07, 6.45) is 2.75. The molecular weight excluding hydrogens is 538 g/mol. The van der Waals surface area contributed by atoms with Crippen molar-refractivity contribution in [1.82, 2.24) is 19.3 Å². The zero-order valence-electron chi connectivity index (χ0n) is 22.2. The summed E-state index contributed by atoms with van der Waals surface area (Å²) in [5.41, 5.74) is 0.00282. The molecule has 0 spiro atoms. The molecule has 0 aliphatic rings. The Morgan fingerprint density at radius 1 is 1.08 bits per heavy atom. The topological polar surface area (TPSA) is 134 Å². The van der Waals surface area contributed by atoms with Gasteiger partial charge in [-0.25, -0.2) is 22.9 Å². The van der Waals surface area contributed by atoms with E-state index in [2.05, 4.69) is 34.4 Å². The molecule has 0 aliphatic heterocycles. The molecule has 2 heterocycles. The summed E-state index contributed by atoms with van der Waals surface area (Å²) < 4.78 is 42.1. The van der Waals surface area contributed by atoms with Crippen molar-refractivity contribution in [2.75, 3.05) is 17.9 Å². The van der Waals surface area contributed by atoms with Crippen molar-refractivity contribution in [3.63, 3.8) is 0 Å². The van der Waals surface area contributed by atoms with Crippen LogP contribution in [0.3, 0.4) is 0 Å². The molecule has 4 rings (SSSR count). The lowest BCUT2D eigenvalue weighted by molar-refractivity contribution is 0.0526. The average molecular weight is 570 g/mol. The van der Waals surface area contributed by atoms with Gasteiger partial charge in [-0.3, -0.25) is 14.1 Å². The molecule has 11 nitrogen and oxygen atoms in total. The number of esters is 1. The molecule has 39 heavy (non-hydrogen) atoms. The Balaban J connectivity index is 1.81. The molecule has 0 radical (unpaired) electrons. The van der Waals surface area contributed by atoms with Gasteiger partial charge in [0.25, 0.3) is 15.6 Å². The van der Waals surface area contributed by atoms with Crippen molar-refractivity contribution >= 4 is 40.7 Å². The largest absolute Gasteiger partial charge is 0.462 e. The number of carbonyl (C=O) groups is 1. The molecule has 4 aromatic rings. The third kappa shape index (κ3) is 6.61. The van der Waals surface area contributed by atoms with Crippen LogP contribution in [-0.2, 0) is 26.2 Å². The third-order valence-electron chi connectivity index (χ3n) is 5.78. The van der Waals surface area contributed by atoms with E-state index in [-0.39, 0.29) is 46.3 Å². The Hall–Kier alpha value is -3.81. The third-order valence-corrected chi connectivity index (χ3v) is 8.86. The predicted molar refractivity (Wildman–Crippen MR) is 150 cm³/mol. The van der Waals surface area contributed by atoms with E-state index in [4.69, 9.17) is 9.47 Å². The normalized spacial score (nSPS) is 12.0. The van der Waals surface area contributed by atoms with Gasteiger partial charge < -0.3 is 9.47 Å². The number of carbonyl (C=O) groups excluding carboxylic acids is 1. The van der Waals surface area contributed by atoms with Gasteiger partial charge in [-0.2, -0.15) is 5.10 Å². The minimum Gasteiger partial charge on any atom is -0.462 e. The van der Waals surface area contributed by atoms with Gasteiger partial charge in [0.2, 0.25) is 5.95 Å². The van der Waals surface area contributed by atoms with E-state index in [1.54, 1.807) is 37.3 Å². The van der Waals surface area contributed by atoms with Crippen molar-refractivity contribution in [1.29, 1.82) is 0 Å². The van der Waals surface area contributed by atoms with Gasteiger partial charge in [-0.15, -0.1) is 0 Å². The van der Waals surface area contributed by atoms with E-state index in [9.17, 15) is 18.0 Å². The van der Waals surface area contributed by atoms with Crippen LogP contribution in [0.15, 0.2) is 70.6 Å². The minimum atomic E-state index is -3.97. The van der Waals surface area contributed by atoms with E-state index in [1.165, 1.54) is 39.8 Å². The van der Waals surface area contributed by atoms with Gasteiger partial charge in [-0.1, -0.05) is 43.9 Å². The number of benzene rings is 2. The number of fused-ring (bicyclic) bond motifs is 1. The summed E-state index contributed by atoms with van der Waals surface area (Å²) in [4.78, 5) is 30.8. The quantitative estimate of drug-likeness (QED) is 0.163. The second-order valence-electron chi connectivity index (χ2n) is 10.0. The zero-order valence-corrected chi connectivity index (χ0v) is 24.1. The van der Waals surface area contributed by atoms with E-state index >= 15 is 0 Å². The molecule has 206 valence electrons. The lowest BCUT2D eigenvalue weighted by Crippen LogP contribution is -2.29. The predicted octanol–water partition coefficient (Wildman–Crippen LogP) is 3.87. The molecule has 13 heteroatoms. The first-order valence-corrected chi connectivity index (χ1v) is 17.6. The Morgan fingerprint density at radius 3 is 2.51 bits per heavy atom. The number of nitrogens with one attached hydrogen (secondary N) is 1. The number of rotatable bonds is 11. The van der Waals surface area contributed by atoms with E-state index in [0.717, 1.165) is 6.04 Å². The molecule has 0 saturated heterocycles. The van der Waals surface area contributed by atoms with Crippen LogP contribution < -0.4 is 10.3 Å². The first-order valence-electron chi connectivity index (χ1n) is 12.4. The van der Waals surface area contributed by atoms with Crippen molar-refractivity contribution in [2.45, 2.75) is 44.2 Å². The molecule has 0 aliphatic carbocycles. The Labute approximate surface area is 227 Å². The molecule has 0 amide bonds. The summed E-state index contributed by atoms with van der Waals surface area (Å²) in [7, 11) is -5.36. The highest BCUT2D eigenvalue weighted by Gasteiger charge is 2.21. The monoisotopic (exact) mass is 569 g/mol. The second kappa shape index (κ2) is 11.5. The van der Waals surface area contributed by atoms with E-state index in [1.807, 2.05) is 0 Å². The van der Waals surface area contributed by atoms with Crippen LogP contribution in [0.25, 0.3) is 16.9 Å². The van der Waals surface area contributed by atoms with Crippen molar-refractivity contribution in [3.8, 4) is 5.95 Å². The molecule has 0 fully saturated rings. The number of hydrogen-bond acceptors (Lipinski definition) is 8. The summed E-state index contributed by atoms with van der Waals surface area (Å²) in [5.74, 6) is -0.443. The fourth-order valence-corrected chi connectivity index (χ4v) is 5.57. The van der Waals surface area contributed by atoms with Crippen LogP contribution in [0.2, 0.25) is 25.7 Å². The summed E-state index contributed by atoms with van der Waals surface area (Å²) in [5, 5.41) is 4.30. The minimum absolute atomic E-state index is 0.0598. The van der Waals surface area contributed by atoms with Crippen LogP contribution in [0.1, 0.15) is 17.3 Å². The first-order chi connectivity index (χ1) is 18.5. The van der Waals surface area contributed by atoms with Crippen LogP contribution in [-0.4, -0.2) is 55.0 Å². The van der Waals surface area contributed by atoms with Crippen molar-refractivity contribution < 1.29 is 22.7 Å². The highest BCUT2D eigenvalue weighted by Crippen LogP contribution is 2.23. The summed E-state index contributed by atoms with van der Waals surface area (Å²) >= 11 is 0. The van der Waals surface area contributed by atoms with Crippen LogP contribution >= 0.6 is 0 Å². The summed E-state index contributed by atoms with van der Waals surface area (Å²) in [6, 6.07) is 13.5. The standard InChI is InChI=1S/C26H31N5O6SSi/c1-5-37-25(33)19-16-27-31(17-19)26-28-21-12-9-13-22(29-38(34,35)20-10-7-6-8-11-20)23(21)24(32)30(26)18-36-14-15-39(2,3)4/h6-13,16-17,29H,5,14-15,18H2,1-4H3. The van der Waals surface area contributed by atoms with Gasteiger partial charge in [-0.05, 0) is 37.2 Å². The fourth-order valence-electron chi connectivity index (χ4n) is 3.72. The van der Waals surface area contributed by atoms with Gasteiger partial charge in [0, 0.05) is 20.9 Å². The van der Waals surface area contributed by atoms with Crippen LogP contribution in [0.4, 0.5) is 5.69 Å². The molecule has 0 saturated carbocycles. The number of aromatic nitrogens is 4. The van der Waals surface area contributed by atoms with Gasteiger partial charge in [0.1, 0.15) is 6.73 Å². The SMILES string of the molecule is CCOC(=O)c1cnn(-c2nc3cccc(NS(=O)(=O)c4ccccc4)c3c(=O)n2COCC[Si](C)(C)C)c1. The Morgan fingerprint density at radius 2 is 1.82 bits per heavy atom. The molecule has 0 atom stereocenters. The Bertz CT molecular complexity index is 1650. The van der Waals surface area contributed by atoms with Crippen molar-refractivity contribution in [2.24, 2.45) is 0 Å². The fraction of sp³-hybridized carbons (Fsp3) is 0.308. The lowest BCUT2D eigenvalue weighted by atomic mass is 10.2. The molecule has 1 N–H and O–H groups in total. The average Bonchev–Trinajstić information content (AvgIpc) is 3.38. The maximum atomic E-state index is 13.9. The maximum Gasteiger partial charge on any atom is 0.341 e. The van der Waals surface area contributed by atoms with Gasteiger partial charge in [0.05, 0.1) is 39.9 Å². The molecular formula is C26H31N5O6SSi. The van der Waals surface area contributed by atoms with Gasteiger partial charge in [0.15, 0.2) is 0 Å². The molecule has 2 aromatic heterocycles. The number of ether oxygens (including phenoxy) is 2. The van der Waals surface area contributed by atoms with Crippen molar-refractivity contribution in [3.05, 3.63) is 76.8 Å². The number of anilines is 1. The summed E-state index contributed by atoms with van der Waals surface area (Å²) in [6.45, 7) is 8.86. The highest BCUT2D eigenvalue weighted by atomic mass is 32.2. The second-order valence-corrected chi connectivity index (χ2v) is 17.3. The lowest BCUT2D eigenvalue weighted by Gasteiger charge is -2.18. The molecule has 2 aromatic carbocycles. The van der Waals surface area contributed by atoms with Crippen LogP contribution in [0.5, 0.6) is 0 Å². The smallest absolute Gasteiger partial charge is 0.341 e. The van der Waals surface area contributed by atoms with Gasteiger partial charge >= 0.3 is 5.97 Å².